The van der Waals surface area contributed by atoms with Crippen molar-refractivity contribution >= 4 is 17.7 Å². The van der Waals surface area contributed by atoms with Gasteiger partial charge in [-0.05, 0) is 56.4 Å². The molecule has 2 atom stereocenters. The van der Waals surface area contributed by atoms with Crippen molar-refractivity contribution in [2.45, 2.75) is 58.5 Å². The van der Waals surface area contributed by atoms with E-state index in [2.05, 4.69) is 10.6 Å². The van der Waals surface area contributed by atoms with Crippen LogP contribution in [0.2, 0.25) is 0 Å². The molecule has 1 aromatic carbocycles. The molecule has 0 radical (unpaired) electrons. The van der Waals surface area contributed by atoms with Crippen molar-refractivity contribution in [3.63, 3.8) is 0 Å². The number of carbonyl (C=O) groups is 3. The molecule has 1 aromatic rings. The number of nitrogens with zero attached hydrogens (tertiary/aromatic N) is 1. The number of rotatable bonds is 8. The van der Waals surface area contributed by atoms with E-state index in [1.54, 1.807) is 31.4 Å². The molecule has 0 aliphatic carbocycles. The molecular formula is C22H33N3O4. The predicted octanol–water partition coefficient (Wildman–Crippen LogP) is 2.36. The minimum absolute atomic E-state index is 0.0119. The molecule has 2 rings (SSSR count). The Bertz CT molecular complexity index is 697. The van der Waals surface area contributed by atoms with Gasteiger partial charge in [-0.3, -0.25) is 14.4 Å². The lowest BCUT2D eigenvalue weighted by atomic mass is 9.88. The molecule has 0 spiro atoms. The summed E-state index contributed by atoms with van der Waals surface area (Å²) in [6, 6.07) is 6.21. The highest BCUT2D eigenvalue weighted by Gasteiger charge is 2.34. The second-order valence-electron chi connectivity index (χ2n) is 7.57. The molecule has 0 unspecified atom stereocenters. The minimum atomic E-state index is -0.627. The van der Waals surface area contributed by atoms with Gasteiger partial charge in [0.1, 0.15) is 11.8 Å². The van der Waals surface area contributed by atoms with E-state index in [1.807, 2.05) is 25.7 Å². The number of hydrogen-bond donors (Lipinski definition) is 2. The monoisotopic (exact) mass is 403 g/mol. The average molecular weight is 404 g/mol. The molecule has 1 aliphatic heterocycles. The van der Waals surface area contributed by atoms with Crippen LogP contribution in [0.1, 0.15) is 56.8 Å². The van der Waals surface area contributed by atoms with Gasteiger partial charge >= 0.3 is 0 Å². The number of amides is 3. The molecule has 1 fully saturated rings. The van der Waals surface area contributed by atoms with Crippen LogP contribution in [0.3, 0.4) is 0 Å². The molecule has 0 bridgehead atoms. The van der Waals surface area contributed by atoms with E-state index in [1.165, 1.54) is 0 Å². The molecule has 7 heteroatoms. The van der Waals surface area contributed by atoms with Gasteiger partial charge < -0.3 is 20.3 Å². The molecule has 2 N–H and O–H groups in total. The summed E-state index contributed by atoms with van der Waals surface area (Å²) in [5.74, 6) is 0.333. The van der Waals surface area contributed by atoms with E-state index in [4.69, 9.17) is 4.74 Å². The Morgan fingerprint density at radius 1 is 1.10 bits per heavy atom. The largest absolute Gasteiger partial charge is 0.497 e. The van der Waals surface area contributed by atoms with E-state index < -0.39 is 6.04 Å². The Labute approximate surface area is 173 Å². The van der Waals surface area contributed by atoms with E-state index in [9.17, 15) is 14.4 Å². The molecule has 29 heavy (non-hydrogen) atoms. The van der Waals surface area contributed by atoms with Gasteiger partial charge in [0.15, 0.2) is 0 Å². The van der Waals surface area contributed by atoms with Gasteiger partial charge in [-0.2, -0.15) is 0 Å². The molecule has 0 saturated carbocycles. The van der Waals surface area contributed by atoms with Crippen LogP contribution < -0.4 is 15.4 Å². The molecule has 3 amide bonds. The summed E-state index contributed by atoms with van der Waals surface area (Å²) in [4.78, 5) is 39.5. The number of benzene rings is 1. The Balaban J connectivity index is 2.11. The normalized spacial score (nSPS) is 16.6. The second-order valence-corrected chi connectivity index (χ2v) is 7.57. The van der Waals surface area contributed by atoms with E-state index in [0.717, 1.165) is 6.42 Å². The summed E-state index contributed by atoms with van der Waals surface area (Å²) in [7, 11) is 1.57. The minimum Gasteiger partial charge on any atom is -0.497 e. The molecule has 160 valence electrons. The van der Waals surface area contributed by atoms with E-state index >= 15 is 0 Å². The van der Waals surface area contributed by atoms with Crippen LogP contribution >= 0.6 is 0 Å². The highest BCUT2D eigenvalue weighted by atomic mass is 16.5. The van der Waals surface area contributed by atoms with Crippen LogP contribution in [0.15, 0.2) is 24.3 Å². The zero-order valence-electron chi connectivity index (χ0n) is 17.9. The zero-order valence-corrected chi connectivity index (χ0v) is 17.9. The number of hydrogen-bond acceptors (Lipinski definition) is 4. The van der Waals surface area contributed by atoms with Gasteiger partial charge in [0.05, 0.1) is 7.11 Å². The van der Waals surface area contributed by atoms with Gasteiger partial charge in [0, 0.05) is 31.1 Å². The maximum Gasteiger partial charge on any atom is 0.251 e. The van der Waals surface area contributed by atoms with Crippen molar-refractivity contribution in [1.29, 1.82) is 0 Å². The third-order valence-corrected chi connectivity index (χ3v) is 5.59. The highest BCUT2D eigenvalue weighted by Crippen LogP contribution is 2.22. The SMILES string of the molecule is CCC(=O)N1CCC([C@@H](NC(=O)c2ccc(OC)cc2)C(=O)N[C@H](C)CC)CC1. The van der Waals surface area contributed by atoms with Crippen molar-refractivity contribution in [3.8, 4) is 5.75 Å². The van der Waals surface area contributed by atoms with Crippen molar-refractivity contribution in [1.82, 2.24) is 15.5 Å². The second kappa shape index (κ2) is 10.8. The first-order chi connectivity index (χ1) is 13.9. The lowest BCUT2D eigenvalue weighted by molar-refractivity contribution is -0.132. The average Bonchev–Trinajstić information content (AvgIpc) is 2.76. The van der Waals surface area contributed by atoms with Crippen LogP contribution in [0.4, 0.5) is 0 Å². The van der Waals surface area contributed by atoms with Gasteiger partial charge in [0.25, 0.3) is 5.91 Å². The van der Waals surface area contributed by atoms with Crippen LogP contribution in [-0.2, 0) is 9.59 Å². The highest BCUT2D eigenvalue weighted by molar-refractivity contribution is 5.97. The van der Waals surface area contributed by atoms with Crippen LogP contribution in [-0.4, -0.2) is 54.9 Å². The van der Waals surface area contributed by atoms with Gasteiger partial charge in [-0.25, -0.2) is 0 Å². The number of likely N-dealkylation sites (tertiary alicyclic amines) is 1. The third-order valence-electron chi connectivity index (χ3n) is 5.59. The van der Waals surface area contributed by atoms with E-state index in [-0.39, 0.29) is 29.7 Å². The van der Waals surface area contributed by atoms with Crippen molar-refractivity contribution in [2.24, 2.45) is 5.92 Å². The molecule has 1 heterocycles. The van der Waals surface area contributed by atoms with Crippen LogP contribution in [0.25, 0.3) is 0 Å². The quantitative estimate of drug-likeness (QED) is 0.698. The number of nitrogens with one attached hydrogen (secondary N) is 2. The number of carbonyl (C=O) groups excluding carboxylic acids is 3. The first kappa shape index (κ1) is 22.7. The summed E-state index contributed by atoms with van der Waals surface area (Å²) >= 11 is 0. The topological polar surface area (TPSA) is 87.7 Å². The number of ether oxygens (including phenoxy) is 1. The summed E-state index contributed by atoms with van der Waals surface area (Å²) in [6.07, 6.45) is 2.67. The van der Waals surface area contributed by atoms with Gasteiger partial charge in [-0.1, -0.05) is 13.8 Å². The smallest absolute Gasteiger partial charge is 0.251 e. The van der Waals surface area contributed by atoms with Crippen molar-refractivity contribution < 1.29 is 19.1 Å². The Hall–Kier alpha value is -2.57. The van der Waals surface area contributed by atoms with Gasteiger partial charge in [0.2, 0.25) is 11.8 Å². The zero-order chi connectivity index (χ0) is 21.4. The fourth-order valence-electron chi connectivity index (χ4n) is 3.50. The first-order valence-electron chi connectivity index (χ1n) is 10.4. The Kier molecular flexibility index (Phi) is 8.49. The maximum atomic E-state index is 12.9. The fraction of sp³-hybridized carbons (Fsp3) is 0.591. The fourth-order valence-corrected chi connectivity index (χ4v) is 3.50. The Morgan fingerprint density at radius 3 is 2.24 bits per heavy atom. The molecule has 1 aliphatic rings. The van der Waals surface area contributed by atoms with Crippen molar-refractivity contribution in [2.75, 3.05) is 20.2 Å². The van der Waals surface area contributed by atoms with Gasteiger partial charge in [-0.15, -0.1) is 0 Å². The third kappa shape index (κ3) is 6.21. The van der Waals surface area contributed by atoms with Crippen molar-refractivity contribution in [3.05, 3.63) is 29.8 Å². The summed E-state index contributed by atoms with van der Waals surface area (Å²) in [6.45, 7) is 7.03. The summed E-state index contributed by atoms with van der Waals surface area (Å²) < 4.78 is 5.13. The first-order valence-corrected chi connectivity index (χ1v) is 10.4. The molecular weight excluding hydrogens is 370 g/mol. The summed E-state index contributed by atoms with van der Waals surface area (Å²) in [5, 5.41) is 5.93. The summed E-state index contributed by atoms with van der Waals surface area (Å²) in [5.41, 5.74) is 0.478. The number of piperidine rings is 1. The standard InChI is InChI=1S/C22H33N3O4/c1-5-15(3)23-22(28)20(16-11-13-25(14-12-16)19(26)6-2)24-21(27)17-7-9-18(29-4)10-8-17/h7-10,15-16,20H,5-6,11-14H2,1-4H3,(H,23,28)(H,24,27)/t15-,20-/m1/s1. The van der Waals surface area contributed by atoms with E-state index in [0.29, 0.717) is 43.7 Å². The lowest BCUT2D eigenvalue weighted by Gasteiger charge is -2.36. The maximum absolute atomic E-state index is 12.9. The Morgan fingerprint density at radius 2 is 1.72 bits per heavy atom. The van der Waals surface area contributed by atoms with Crippen LogP contribution in [0.5, 0.6) is 5.75 Å². The molecule has 0 aromatic heterocycles. The molecule has 1 saturated heterocycles. The predicted molar refractivity (Wildman–Crippen MR) is 112 cm³/mol. The lowest BCUT2D eigenvalue weighted by Crippen LogP contribution is -2.55. The van der Waals surface area contributed by atoms with Crippen LogP contribution in [0, 0.1) is 5.92 Å². The molecule has 7 nitrogen and oxygen atoms in total. The number of methoxy groups -OCH3 is 1.